The number of anilines is 19. The Balaban J connectivity index is 0.000000116. The first-order chi connectivity index (χ1) is 72.7. The molecular weight excluding hydrogens is 1980 g/mol. The van der Waals surface area contributed by atoms with E-state index in [1.54, 1.807) is 36.8 Å². The van der Waals surface area contributed by atoms with Crippen molar-refractivity contribution in [3.05, 3.63) is 243 Å². The fraction of sp³-hybridized carbons (Fsp3) is 0.382. The van der Waals surface area contributed by atoms with Gasteiger partial charge in [-0.15, -0.1) is 0 Å². The molecule has 0 amide bonds. The third kappa shape index (κ3) is 24.8. The second-order valence-corrected chi connectivity index (χ2v) is 42.0. The van der Waals surface area contributed by atoms with Crippen LogP contribution in [0.3, 0.4) is 0 Å². The summed E-state index contributed by atoms with van der Waals surface area (Å²) in [5.74, 6) is 3.75. The van der Waals surface area contributed by atoms with Crippen LogP contribution in [0.15, 0.2) is 201 Å². The smallest absolute Gasteiger partial charge is 0.229 e. The predicted molar refractivity (Wildman–Crippen MR) is 601 cm³/mol. The van der Waals surface area contributed by atoms with Gasteiger partial charge in [-0.2, -0.15) is 19.9 Å². The van der Waals surface area contributed by atoms with Crippen LogP contribution in [0.25, 0.3) is 44.7 Å². The lowest BCUT2D eigenvalue weighted by atomic mass is 10.2. The minimum absolute atomic E-state index is 0.0429. The van der Waals surface area contributed by atoms with E-state index in [0.717, 1.165) is 274 Å². The molecule has 8 aliphatic rings. The van der Waals surface area contributed by atoms with E-state index in [-0.39, 0.29) is 17.8 Å². The van der Waals surface area contributed by atoms with Gasteiger partial charge in [-0.3, -0.25) is 23.2 Å². The molecule has 8 N–H and O–H groups in total. The third-order valence-electron chi connectivity index (χ3n) is 29.6. The summed E-state index contributed by atoms with van der Waals surface area (Å²) in [7, 11) is 6.49. The van der Waals surface area contributed by atoms with Gasteiger partial charge in [0, 0.05) is 203 Å². The van der Waals surface area contributed by atoms with Crippen molar-refractivity contribution < 1.29 is 8.78 Å². The molecule has 8 fully saturated rings. The molecule has 4 saturated carbocycles. The van der Waals surface area contributed by atoms with Crippen LogP contribution in [0.5, 0.6) is 0 Å². The van der Waals surface area contributed by atoms with Crippen LogP contribution < -0.4 is 57.2 Å². The van der Waals surface area contributed by atoms with Gasteiger partial charge in [-0.05, 0) is 224 Å². The Labute approximate surface area is 891 Å². The first-order valence-corrected chi connectivity index (χ1v) is 54.0. The second-order valence-electron chi connectivity index (χ2n) is 39.9. The van der Waals surface area contributed by atoms with Crippen LogP contribution >= 0.6 is 58.0 Å². The van der Waals surface area contributed by atoms with Crippen LogP contribution in [0.1, 0.15) is 139 Å². The van der Waals surface area contributed by atoms with Gasteiger partial charge in [0.25, 0.3) is 0 Å². The highest BCUT2D eigenvalue weighted by molar-refractivity contribution is 6.44. The average Bonchev–Trinajstić information content (AvgIpc) is 1.63. The topological polar surface area (TPSA) is 297 Å². The molecule has 4 aliphatic heterocycles. The summed E-state index contributed by atoms with van der Waals surface area (Å²) in [4.78, 5) is 76.2. The maximum atomic E-state index is 14.4. The van der Waals surface area contributed by atoms with Gasteiger partial charge in [0.15, 0.2) is 22.6 Å². The van der Waals surface area contributed by atoms with Gasteiger partial charge >= 0.3 is 0 Å². The van der Waals surface area contributed by atoms with Crippen LogP contribution in [-0.2, 0) is 6.54 Å². The number of rotatable bonds is 26. The molecular formula is C110H125Cl5F2N32. The predicted octanol–water partition coefficient (Wildman–Crippen LogP) is 24.7. The zero-order valence-electron chi connectivity index (χ0n) is 84.3. The van der Waals surface area contributed by atoms with Crippen molar-refractivity contribution in [3.8, 4) is 0 Å². The number of halogens is 7. The summed E-state index contributed by atoms with van der Waals surface area (Å²) in [6.45, 7) is 21.7. The van der Waals surface area contributed by atoms with Crippen molar-refractivity contribution in [3.63, 3.8) is 0 Å². The minimum atomic E-state index is -0.542. The molecule has 0 unspecified atom stereocenters. The molecule has 12 heterocycles. The molecule has 0 atom stereocenters. The number of benzene rings is 8. The van der Waals surface area contributed by atoms with Crippen LogP contribution in [0.4, 0.5) is 119 Å². The normalized spacial score (nSPS) is 17.1. The second kappa shape index (κ2) is 47.0. The van der Waals surface area contributed by atoms with Gasteiger partial charge < -0.3 is 76.8 Å². The summed E-state index contributed by atoms with van der Waals surface area (Å²) in [6, 6.07) is 57.4. The lowest BCUT2D eigenvalue weighted by Gasteiger charge is -2.34. The zero-order valence-corrected chi connectivity index (χ0v) is 88.1. The Morgan fingerprint density at radius 3 is 0.980 bits per heavy atom. The quantitative estimate of drug-likeness (QED) is 0.0234. The Morgan fingerprint density at radius 2 is 0.617 bits per heavy atom. The summed E-state index contributed by atoms with van der Waals surface area (Å²) in [5.41, 5.74) is 17.3. The molecule has 0 bridgehead atoms. The van der Waals surface area contributed by atoms with Crippen LogP contribution in [0, 0.1) is 11.6 Å². The minimum Gasteiger partial charge on any atom is -0.369 e. The number of likely N-dealkylation sites (N-methyl/N-ethyl adjacent to an activating group) is 4. The average molecular weight is 2110 g/mol. The third-order valence-corrected chi connectivity index (χ3v) is 31.0. The number of piperazine rings is 4. The van der Waals surface area contributed by atoms with E-state index in [4.69, 9.17) is 92.9 Å². The molecule has 24 rings (SSSR count). The number of nitrogens with one attached hydrogen (secondary N) is 8. The molecule has 39 heteroatoms. The number of hydrogen-bond donors (Lipinski definition) is 8. The van der Waals surface area contributed by atoms with Gasteiger partial charge in [0.2, 0.25) is 47.6 Å². The highest BCUT2D eigenvalue weighted by atomic mass is 35.5. The zero-order chi connectivity index (χ0) is 102. The SMILES string of the molecule is CCN1CCN(Cc2ccc(Nc3ncc4nc(Nc5ccccc5)n(C5CCCC5)c4n3)cc2)CC1.CN1CCN(c2ccc(Nc3ncc4nc(Nc5cc(Cl)c(Cl)cc5Cl)n(C5CCCC5)c4n3)cc2)CC1.CN1CCN(c2ccc(Nc3ncc4nc(Nc5cc(Cl)cc(Cl)c5)n(C5CCCC5)c4n3)cc2)CC1.CN1CCN(c2ccc(Nc3ncc4nc(Nc5cc(F)ccc5F)n(C5CCCC5)c4n3)cc2)CC1. The largest absolute Gasteiger partial charge is 0.369 e. The Kier molecular flexibility index (Phi) is 32.1. The molecule has 774 valence electrons. The van der Waals surface area contributed by atoms with Crippen LogP contribution in [-0.4, -0.2) is 235 Å². The van der Waals surface area contributed by atoms with Crippen molar-refractivity contribution in [1.82, 2.24) is 103 Å². The van der Waals surface area contributed by atoms with E-state index >= 15 is 0 Å². The molecule has 8 aromatic carbocycles. The number of fused-ring (bicyclic) bond motifs is 4. The molecule has 0 radical (unpaired) electrons. The Hall–Kier alpha value is -13.1. The molecule has 8 aromatic heterocycles. The van der Waals surface area contributed by atoms with Crippen molar-refractivity contribution in [2.45, 2.75) is 140 Å². The monoisotopic (exact) mass is 2110 g/mol. The van der Waals surface area contributed by atoms with E-state index < -0.39 is 11.6 Å². The maximum Gasteiger partial charge on any atom is 0.229 e. The summed E-state index contributed by atoms with van der Waals surface area (Å²) in [6.07, 6.45) is 25.1. The fourth-order valence-electron chi connectivity index (χ4n) is 21.2. The summed E-state index contributed by atoms with van der Waals surface area (Å²) in [5, 5.41) is 29.2. The summed E-state index contributed by atoms with van der Waals surface area (Å²) < 4.78 is 36.8. The van der Waals surface area contributed by atoms with Crippen molar-refractivity contribution >= 4 is 213 Å². The highest BCUT2D eigenvalue weighted by Crippen LogP contribution is 2.44. The number of aromatic nitrogens is 16. The fourth-order valence-corrected chi connectivity index (χ4v) is 22.4. The molecule has 0 spiro atoms. The van der Waals surface area contributed by atoms with Gasteiger partial charge in [-0.25, -0.2) is 48.7 Å². The van der Waals surface area contributed by atoms with Crippen molar-refractivity contribution in [2.75, 3.05) is 190 Å². The van der Waals surface area contributed by atoms with E-state index in [1.165, 1.54) is 61.2 Å². The number of hydrogen-bond acceptors (Lipinski definition) is 28. The van der Waals surface area contributed by atoms with Crippen molar-refractivity contribution in [2.24, 2.45) is 0 Å². The van der Waals surface area contributed by atoms with Crippen LogP contribution in [0.2, 0.25) is 25.1 Å². The van der Waals surface area contributed by atoms with Gasteiger partial charge in [0.1, 0.15) is 33.7 Å². The highest BCUT2D eigenvalue weighted by Gasteiger charge is 2.32. The van der Waals surface area contributed by atoms with E-state index in [0.29, 0.717) is 95.3 Å². The first-order valence-electron chi connectivity index (χ1n) is 52.2. The first kappa shape index (κ1) is 102. The van der Waals surface area contributed by atoms with E-state index in [2.05, 4.69) is 245 Å². The van der Waals surface area contributed by atoms with Gasteiger partial charge in [0.05, 0.1) is 51.2 Å². The van der Waals surface area contributed by atoms with E-state index in [9.17, 15) is 8.78 Å². The lowest BCUT2D eigenvalue weighted by molar-refractivity contribution is 0.132. The number of nitrogens with zero attached hydrogens (tertiary/aromatic N) is 24. The maximum absolute atomic E-state index is 14.4. The summed E-state index contributed by atoms with van der Waals surface area (Å²) >= 11 is 31.3. The molecule has 32 nitrogen and oxygen atoms in total. The Bertz CT molecular complexity index is 7230. The standard InChI is InChI=1S/C29H36N8.C27H29Cl3N8.C27H30Cl2N8.C27H30F2N8/c1-2-35-16-18-36(19-17-35)21-22-12-14-24(15-13-22)31-28-30-20-26-27(34-28)37(25-10-6-7-11-25)29(33-26)32-23-8-4-3-5-9-23;1-36-10-12-37(13-11-36)18-8-6-17(7-9-18)32-26-31-16-24-25(35-26)38(19-4-2-3-5-19)27(34-24)33-23-15-21(29)20(28)14-22(23)30;1-35-10-12-36(13-11-35)22-8-6-20(7-9-22)31-26-30-17-24-25(34-26)37(23-4-2-3-5-23)27(33-24)32-21-15-18(28)14-19(29)16-21;1-35-12-14-36(15-13-35)20-9-7-19(8-10-20)31-26-30-17-24-25(34-26)37(21-4-2-3-5-21)27(33-24)32-23-16-18(28)6-11-22(23)29/h3-5,8-9,12-15,20,25H,2,6-7,10-11,16-19,21H2,1H3,(H,32,33)(H,30,31,34);6-9,14-16,19H,2-5,10-13H2,1H3,(H,33,34)(H,31,32,35);6-9,14-17,23H,2-5,10-13H2,1H3,(H,32,33)(H,30,31,34);6-11,16-17,21H,2-5,12-15H2,1H3,(H,32,33)(H,30,31,34). The molecule has 149 heavy (non-hydrogen) atoms. The lowest BCUT2D eigenvalue weighted by Crippen LogP contribution is -2.45. The molecule has 4 saturated heterocycles. The molecule has 4 aliphatic carbocycles. The Morgan fingerprint density at radius 1 is 0.295 bits per heavy atom. The number of para-hydroxylation sites is 1. The van der Waals surface area contributed by atoms with E-state index in [1.807, 2.05) is 53.2 Å². The number of imidazole rings is 4. The van der Waals surface area contributed by atoms with Gasteiger partial charge in [-0.1, -0.05) is 147 Å². The molecule has 16 aromatic rings. The van der Waals surface area contributed by atoms with Crippen molar-refractivity contribution in [1.29, 1.82) is 0 Å².